The normalized spacial score (nSPS) is 15.1. The largest absolute Gasteiger partial charge is 0.352 e. The molecule has 7 nitrogen and oxygen atoms in total. The van der Waals surface area contributed by atoms with E-state index in [2.05, 4.69) is 5.32 Å². The third-order valence-electron chi connectivity index (χ3n) is 7.19. The standard InChI is InChI=1S/C28H37Cl2N3O4S/c1-5-26(28(35)31-21-10-7-6-8-11-21)32(17-23-24(29)12-9-13-25(23)30)27(34)18-33(38(4,36)37)22-15-14-19(2)20(3)16-22/h9,12-16,21,26H,5-8,10-11,17-18H2,1-4H3,(H,31,35)/t26-/m0/s1. The molecule has 0 spiro atoms. The minimum absolute atomic E-state index is 0.0293. The molecule has 1 aliphatic rings. The van der Waals surface area contributed by atoms with E-state index in [1.165, 1.54) is 4.90 Å². The summed E-state index contributed by atoms with van der Waals surface area (Å²) in [5, 5.41) is 3.85. The molecule has 1 N–H and O–H groups in total. The van der Waals surface area contributed by atoms with Crippen molar-refractivity contribution >= 4 is 50.7 Å². The van der Waals surface area contributed by atoms with Gasteiger partial charge in [0, 0.05) is 28.2 Å². The molecule has 10 heteroatoms. The van der Waals surface area contributed by atoms with Crippen molar-refractivity contribution in [3.05, 3.63) is 63.1 Å². The predicted octanol–water partition coefficient (Wildman–Crippen LogP) is 5.63. The van der Waals surface area contributed by atoms with Crippen molar-refractivity contribution in [1.82, 2.24) is 10.2 Å². The molecule has 38 heavy (non-hydrogen) atoms. The first-order chi connectivity index (χ1) is 17.9. The van der Waals surface area contributed by atoms with Crippen LogP contribution in [0.2, 0.25) is 10.0 Å². The van der Waals surface area contributed by atoms with Crippen molar-refractivity contribution in [2.45, 2.75) is 77.9 Å². The van der Waals surface area contributed by atoms with Crippen molar-refractivity contribution < 1.29 is 18.0 Å². The van der Waals surface area contributed by atoms with E-state index in [0.29, 0.717) is 27.7 Å². The fraction of sp³-hybridized carbons (Fsp3) is 0.500. The van der Waals surface area contributed by atoms with Crippen LogP contribution in [0.3, 0.4) is 0 Å². The average molecular weight is 583 g/mol. The van der Waals surface area contributed by atoms with Crippen LogP contribution < -0.4 is 9.62 Å². The second-order valence-electron chi connectivity index (χ2n) is 10.0. The number of carbonyl (C=O) groups is 2. The minimum Gasteiger partial charge on any atom is -0.352 e. The highest BCUT2D eigenvalue weighted by molar-refractivity contribution is 7.92. The number of amides is 2. The monoisotopic (exact) mass is 581 g/mol. The molecule has 0 aromatic heterocycles. The number of hydrogen-bond acceptors (Lipinski definition) is 4. The molecule has 208 valence electrons. The van der Waals surface area contributed by atoms with Crippen LogP contribution >= 0.6 is 23.2 Å². The lowest BCUT2D eigenvalue weighted by Gasteiger charge is -2.34. The molecular formula is C28H37Cl2N3O4S. The van der Waals surface area contributed by atoms with Gasteiger partial charge < -0.3 is 10.2 Å². The second-order valence-corrected chi connectivity index (χ2v) is 12.7. The summed E-state index contributed by atoms with van der Waals surface area (Å²) in [5.41, 5.74) is 2.81. The van der Waals surface area contributed by atoms with Gasteiger partial charge in [0.25, 0.3) is 0 Å². The summed E-state index contributed by atoms with van der Waals surface area (Å²) in [7, 11) is -3.81. The van der Waals surface area contributed by atoms with Crippen LogP contribution in [0, 0.1) is 13.8 Å². The van der Waals surface area contributed by atoms with Gasteiger partial charge in [0.1, 0.15) is 12.6 Å². The number of carbonyl (C=O) groups excluding carboxylic acids is 2. The summed E-state index contributed by atoms with van der Waals surface area (Å²) in [6.07, 6.45) is 6.48. The molecule has 0 bridgehead atoms. The number of sulfonamides is 1. The molecular weight excluding hydrogens is 545 g/mol. The first-order valence-corrected chi connectivity index (χ1v) is 15.6. The van der Waals surface area contributed by atoms with E-state index >= 15 is 0 Å². The Labute approximate surface area is 236 Å². The smallest absolute Gasteiger partial charge is 0.244 e. The predicted molar refractivity (Wildman–Crippen MR) is 154 cm³/mol. The topological polar surface area (TPSA) is 86.8 Å². The van der Waals surface area contributed by atoms with Gasteiger partial charge in [0.05, 0.1) is 11.9 Å². The summed E-state index contributed by atoms with van der Waals surface area (Å²) in [6, 6.07) is 9.54. The Hall–Kier alpha value is -2.29. The molecule has 2 amide bonds. The van der Waals surface area contributed by atoms with E-state index in [4.69, 9.17) is 23.2 Å². The number of aryl methyl sites for hydroxylation is 2. The highest BCUT2D eigenvalue weighted by Gasteiger charge is 2.33. The summed E-state index contributed by atoms with van der Waals surface area (Å²) < 4.78 is 26.7. The highest BCUT2D eigenvalue weighted by atomic mass is 35.5. The number of nitrogens with one attached hydrogen (secondary N) is 1. The van der Waals surface area contributed by atoms with Gasteiger partial charge in [-0.1, -0.05) is 61.5 Å². The fourth-order valence-electron chi connectivity index (χ4n) is 4.81. The Kier molecular flexibility index (Phi) is 10.5. The maximum absolute atomic E-state index is 13.9. The van der Waals surface area contributed by atoms with Gasteiger partial charge in [-0.05, 0) is 68.5 Å². The first kappa shape index (κ1) is 30.3. The molecule has 2 aromatic carbocycles. The van der Waals surface area contributed by atoms with Gasteiger partial charge in [0.15, 0.2) is 0 Å². The molecule has 0 aliphatic heterocycles. The molecule has 0 radical (unpaired) electrons. The van der Waals surface area contributed by atoms with E-state index in [0.717, 1.165) is 53.8 Å². The highest BCUT2D eigenvalue weighted by Crippen LogP contribution is 2.28. The molecule has 1 fully saturated rings. The Bertz CT molecular complexity index is 1240. The Morgan fingerprint density at radius 3 is 2.21 bits per heavy atom. The summed E-state index contributed by atoms with van der Waals surface area (Å²) >= 11 is 12.9. The van der Waals surface area contributed by atoms with Crippen LogP contribution in [-0.4, -0.2) is 50.0 Å². The SMILES string of the molecule is CC[C@@H](C(=O)NC1CCCCC1)N(Cc1c(Cl)cccc1Cl)C(=O)CN(c1ccc(C)c(C)c1)S(C)(=O)=O. The molecule has 1 aliphatic carbocycles. The lowest BCUT2D eigenvalue weighted by molar-refractivity contribution is -0.140. The number of nitrogens with zero attached hydrogens (tertiary/aromatic N) is 2. The maximum Gasteiger partial charge on any atom is 0.244 e. The summed E-state index contributed by atoms with van der Waals surface area (Å²) in [5.74, 6) is -0.775. The van der Waals surface area contributed by atoms with Crippen molar-refractivity contribution in [3.63, 3.8) is 0 Å². The first-order valence-electron chi connectivity index (χ1n) is 13.0. The third-order valence-corrected chi connectivity index (χ3v) is 9.03. The van der Waals surface area contributed by atoms with Gasteiger partial charge in [-0.3, -0.25) is 13.9 Å². The molecule has 1 saturated carbocycles. The number of halogens is 2. The van der Waals surface area contributed by atoms with Gasteiger partial charge in [-0.25, -0.2) is 8.42 Å². The molecule has 0 heterocycles. The summed E-state index contributed by atoms with van der Waals surface area (Å²) in [6.45, 7) is 5.16. The van der Waals surface area contributed by atoms with Gasteiger partial charge in [-0.15, -0.1) is 0 Å². The van der Waals surface area contributed by atoms with Gasteiger partial charge in [0.2, 0.25) is 21.8 Å². The molecule has 3 rings (SSSR count). The molecule has 0 saturated heterocycles. The molecule has 1 atom stereocenters. The quantitative estimate of drug-likeness (QED) is 0.393. The fourth-order valence-corrected chi connectivity index (χ4v) is 6.17. The molecule has 0 unspecified atom stereocenters. The van der Waals surface area contributed by atoms with Crippen LogP contribution in [0.5, 0.6) is 0 Å². The van der Waals surface area contributed by atoms with Crippen molar-refractivity contribution in [3.8, 4) is 0 Å². The van der Waals surface area contributed by atoms with Crippen molar-refractivity contribution in [1.29, 1.82) is 0 Å². The Morgan fingerprint density at radius 2 is 1.66 bits per heavy atom. The number of benzene rings is 2. The van der Waals surface area contributed by atoms with Crippen LogP contribution in [0.4, 0.5) is 5.69 Å². The Balaban J connectivity index is 1.97. The van der Waals surface area contributed by atoms with E-state index in [9.17, 15) is 18.0 Å². The van der Waals surface area contributed by atoms with Crippen LogP contribution in [0.15, 0.2) is 36.4 Å². The van der Waals surface area contributed by atoms with Crippen molar-refractivity contribution in [2.24, 2.45) is 0 Å². The number of rotatable bonds is 10. The van der Waals surface area contributed by atoms with E-state index < -0.39 is 28.5 Å². The maximum atomic E-state index is 13.9. The van der Waals surface area contributed by atoms with Crippen LogP contribution in [0.1, 0.15) is 62.1 Å². The lowest BCUT2D eigenvalue weighted by atomic mass is 9.95. The summed E-state index contributed by atoms with van der Waals surface area (Å²) in [4.78, 5) is 28.8. The molecule has 2 aromatic rings. The Morgan fingerprint density at radius 1 is 1.03 bits per heavy atom. The lowest BCUT2D eigenvalue weighted by Crippen LogP contribution is -2.54. The zero-order valence-electron chi connectivity index (χ0n) is 22.5. The third kappa shape index (κ3) is 7.64. The zero-order chi connectivity index (χ0) is 28.0. The van der Waals surface area contributed by atoms with Crippen LogP contribution in [-0.2, 0) is 26.2 Å². The van der Waals surface area contributed by atoms with E-state index in [-0.39, 0.29) is 18.5 Å². The number of anilines is 1. The van der Waals surface area contributed by atoms with E-state index in [1.807, 2.05) is 26.8 Å². The second kappa shape index (κ2) is 13.2. The van der Waals surface area contributed by atoms with Crippen LogP contribution in [0.25, 0.3) is 0 Å². The number of hydrogen-bond donors (Lipinski definition) is 1. The minimum atomic E-state index is -3.81. The van der Waals surface area contributed by atoms with Crippen molar-refractivity contribution in [2.75, 3.05) is 17.1 Å². The zero-order valence-corrected chi connectivity index (χ0v) is 24.8. The van der Waals surface area contributed by atoms with Gasteiger partial charge in [-0.2, -0.15) is 0 Å². The van der Waals surface area contributed by atoms with E-state index in [1.54, 1.807) is 30.3 Å². The average Bonchev–Trinajstić information content (AvgIpc) is 2.85. The van der Waals surface area contributed by atoms with Gasteiger partial charge >= 0.3 is 0 Å².